The number of rotatable bonds is 9. The molecule has 17 heavy (non-hydrogen) atoms. The van der Waals surface area contributed by atoms with Crippen molar-refractivity contribution in [2.24, 2.45) is 5.92 Å². The number of hydrogen-bond donors (Lipinski definition) is 1. The van der Waals surface area contributed by atoms with Gasteiger partial charge in [0.25, 0.3) is 0 Å². The molecule has 0 aromatic heterocycles. The Morgan fingerprint density at radius 3 is 1.88 bits per heavy atom. The van der Waals surface area contributed by atoms with Crippen LogP contribution < -0.4 is 0 Å². The van der Waals surface area contributed by atoms with Crippen LogP contribution in [0.15, 0.2) is 25.3 Å². The van der Waals surface area contributed by atoms with Gasteiger partial charge in [0.05, 0.1) is 5.60 Å². The monoisotopic (exact) mass is 262 g/mol. The molecule has 0 rings (SSSR count). The van der Waals surface area contributed by atoms with Crippen LogP contribution in [0.2, 0.25) is 0 Å². The zero-order valence-corrected chi connectivity index (χ0v) is 11.4. The standard InChI is InChI=1S/C12H22O4S/c1-5-9-11(10-6-2)12(7-3,8-4)16-17(13,14)15/h5-6,11H,1-2,7-10H2,3-4H3,(H,13,14,15). The second-order valence-electron chi connectivity index (χ2n) is 4.03. The van der Waals surface area contributed by atoms with Gasteiger partial charge in [-0.25, -0.2) is 4.18 Å². The van der Waals surface area contributed by atoms with Crippen molar-refractivity contribution < 1.29 is 17.2 Å². The summed E-state index contributed by atoms with van der Waals surface area (Å²) in [6.07, 6.45) is 5.67. The topological polar surface area (TPSA) is 63.6 Å². The third kappa shape index (κ3) is 5.02. The van der Waals surface area contributed by atoms with E-state index in [1.807, 2.05) is 13.8 Å². The quantitative estimate of drug-likeness (QED) is 0.512. The molecule has 0 spiro atoms. The molecule has 0 saturated heterocycles. The minimum absolute atomic E-state index is 0.0607. The maximum absolute atomic E-state index is 11.0. The predicted molar refractivity (Wildman–Crippen MR) is 69.1 cm³/mol. The van der Waals surface area contributed by atoms with Gasteiger partial charge in [-0.15, -0.1) is 13.2 Å². The molecule has 0 heterocycles. The van der Waals surface area contributed by atoms with Crippen LogP contribution in [-0.4, -0.2) is 18.6 Å². The van der Waals surface area contributed by atoms with Crippen LogP contribution in [0, 0.1) is 5.92 Å². The van der Waals surface area contributed by atoms with Crippen molar-refractivity contribution in [2.45, 2.75) is 45.1 Å². The predicted octanol–water partition coefficient (Wildman–Crippen LogP) is 3.13. The molecular formula is C12H22O4S. The summed E-state index contributed by atoms with van der Waals surface area (Å²) >= 11 is 0. The lowest BCUT2D eigenvalue weighted by molar-refractivity contribution is -0.00169. The van der Waals surface area contributed by atoms with Crippen LogP contribution in [0.3, 0.4) is 0 Å². The summed E-state index contributed by atoms with van der Waals surface area (Å²) in [6, 6.07) is 0. The average molecular weight is 262 g/mol. The SMILES string of the molecule is C=CCC(CC=C)C(CC)(CC)OS(=O)(=O)O. The van der Waals surface area contributed by atoms with Gasteiger partial charge in [0.1, 0.15) is 0 Å². The van der Waals surface area contributed by atoms with Crippen molar-refractivity contribution in [2.75, 3.05) is 0 Å². The molecule has 4 nitrogen and oxygen atoms in total. The van der Waals surface area contributed by atoms with Crippen molar-refractivity contribution in [1.29, 1.82) is 0 Å². The highest BCUT2D eigenvalue weighted by atomic mass is 32.3. The molecule has 0 atom stereocenters. The van der Waals surface area contributed by atoms with E-state index >= 15 is 0 Å². The Kier molecular flexibility index (Phi) is 6.67. The zero-order chi connectivity index (χ0) is 13.5. The average Bonchev–Trinajstić information content (AvgIpc) is 2.24. The molecule has 0 fully saturated rings. The highest BCUT2D eigenvalue weighted by Crippen LogP contribution is 2.36. The van der Waals surface area contributed by atoms with E-state index in [4.69, 9.17) is 8.74 Å². The van der Waals surface area contributed by atoms with Gasteiger partial charge in [-0.05, 0) is 31.6 Å². The molecule has 1 N–H and O–H groups in total. The first kappa shape index (κ1) is 16.4. The Bertz CT molecular complexity index is 332. The van der Waals surface area contributed by atoms with E-state index in [2.05, 4.69) is 13.2 Å². The summed E-state index contributed by atoms with van der Waals surface area (Å²) in [5.41, 5.74) is -0.893. The van der Waals surface area contributed by atoms with Crippen molar-refractivity contribution in [3.8, 4) is 0 Å². The van der Waals surface area contributed by atoms with Crippen LogP contribution in [-0.2, 0) is 14.6 Å². The normalized spacial score (nSPS) is 12.7. The van der Waals surface area contributed by atoms with E-state index in [0.717, 1.165) is 0 Å². The molecule has 0 saturated carbocycles. The maximum Gasteiger partial charge on any atom is 0.397 e. The first-order valence-electron chi connectivity index (χ1n) is 5.75. The minimum Gasteiger partial charge on any atom is -0.264 e. The lowest BCUT2D eigenvalue weighted by Crippen LogP contribution is -2.41. The third-order valence-electron chi connectivity index (χ3n) is 3.11. The number of hydrogen-bond acceptors (Lipinski definition) is 3. The fourth-order valence-electron chi connectivity index (χ4n) is 2.15. The molecule has 0 unspecified atom stereocenters. The summed E-state index contributed by atoms with van der Waals surface area (Å²) in [5, 5.41) is 0. The molecule has 0 aliphatic rings. The second kappa shape index (κ2) is 6.93. The van der Waals surface area contributed by atoms with E-state index < -0.39 is 16.0 Å². The molecular weight excluding hydrogens is 240 g/mol. The van der Waals surface area contributed by atoms with Gasteiger partial charge in [0, 0.05) is 0 Å². The molecule has 0 bridgehead atoms. The number of allylic oxidation sites excluding steroid dienone is 2. The van der Waals surface area contributed by atoms with Crippen molar-refractivity contribution in [3.63, 3.8) is 0 Å². The lowest BCUT2D eigenvalue weighted by Gasteiger charge is -2.37. The fourth-order valence-corrected chi connectivity index (χ4v) is 2.94. The highest BCUT2D eigenvalue weighted by Gasteiger charge is 2.39. The summed E-state index contributed by atoms with van der Waals surface area (Å²) in [7, 11) is -4.46. The van der Waals surface area contributed by atoms with E-state index in [1.54, 1.807) is 12.2 Å². The van der Waals surface area contributed by atoms with E-state index in [0.29, 0.717) is 25.7 Å². The van der Waals surface area contributed by atoms with Gasteiger partial charge >= 0.3 is 10.4 Å². The van der Waals surface area contributed by atoms with Gasteiger partial charge in [-0.2, -0.15) is 8.42 Å². The summed E-state index contributed by atoms with van der Waals surface area (Å²) < 4.78 is 35.7. The van der Waals surface area contributed by atoms with Gasteiger partial charge < -0.3 is 0 Å². The van der Waals surface area contributed by atoms with Crippen LogP contribution in [0.5, 0.6) is 0 Å². The maximum atomic E-state index is 11.0. The van der Waals surface area contributed by atoms with Crippen LogP contribution in [0.4, 0.5) is 0 Å². The Hall–Kier alpha value is -0.650. The van der Waals surface area contributed by atoms with Gasteiger partial charge in [0.2, 0.25) is 0 Å². The Morgan fingerprint density at radius 2 is 1.65 bits per heavy atom. The van der Waals surface area contributed by atoms with Crippen LogP contribution in [0.1, 0.15) is 39.5 Å². The summed E-state index contributed by atoms with van der Waals surface area (Å²) in [5.74, 6) is -0.0607. The fraction of sp³-hybridized carbons (Fsp3) is 0.667. The Labute approximate surface area is 104 Å². The molecule has 0 aromatic carbocycles. The molecule has 0 amide bonds. The van der Waals surface area contributed by atoms with Crippen molar-refractivity contribution >= 4 is 10.4 Å². The first-order chi connectivity index (χ1) is 7.85. The lowest BCUT2D eigenvalue weighted by atomic mass is 9.79. The highest BCUT2D eigenvalue weighted by molar-refractivity contribution is 7.80. The molecule has 0 aliphatic heterocycles. The first-order valence-corrected chi connectivity index (χ1v) is 7.11. The van der Waals surface area contributed by atoms with Crippen LogP contribution in [0.25, 0.3) is 0 Å². The molecule has 0 aromatic rings. The van der Waals surface area contributed by atoms with Crippen molar-refractivity contribution in [3.05, 3.63) is 25.3 Å². The Balaban J connectivity index is 5.24. The van der Waals surface area contributed by atoms with Gasteiger partial charge in [-0.3, -0.25) is 4.55 Å². The molecule has 0 aliphatic carbocycles. The van der Waals surface area contributed by atoms with E-state index in [9.17, 15) is 8.42 Å². The minimum atomic E-state index is -4.46. The second-order valence-corrected chi connectivity index (χ2v) is 5.05. The zero-order valence-electron chi connectivity index (χ0n) is 10.6. The summed E-state index contributed by atoms with van der Waals surface area (Å²) in [4.78, 5) is 0. The molecule has 0 radical (unpaired) electrons. The van der Waals surface area contributed by atoms with E-state index in [1.165, 1.54) is 0 Å². The van der Waals surface area contributed by atoms with Gasteiger partial charge in [-0.1, -0.05) is 26.0 Å². The molecule has 100 valence electrons. The Morgan fingerprint density at radius 1 is 1.24 bits per heavy atom. The smallest absolute Gasteiger partial charge is 0.264 e. The van der Waals surface area contributed by atoms with Gasteiger partial charge in [0.15, 0.2) is 0 Å². The summed E-state index contributed by atoms with van der Waals surface area (Å²) in [6.45, 7) is 11.0. The molecule has 5 heteroatoms. The largest absolute Gasteiger partial charge is 0.397 e. The van der Waals surface area contributed by atoms with Crippen molar-refractivity contribution in [1.82, 2.24) is 0 Å². The third-order valence-corrected chi connectivity index (χ3v) is 3.66. The van der Waals surface area contributed by atoms with E-state index in [-0.39, 0.29) is 5.92 Å². The van der Waals surface area contributed by atoms with Crippen LogP contribution >= 0.6 is 0 Å².